The zero-order chi connectivity index (χ0) is 15.5. The molecule has 0 amide bonds. The van der Waals surface area contributed by atoms with Gasteiger partial charge in [-0.3, -0.25) is 4.99 Å². The van der Waals surface area contributed by atoms with Gasteiger partial charge in [-0.1, -0.05) is 36.4 Å². The molecule has 1 heterocycles. The third-order valence-electron chi connectivity index (χ3n) is 3.81. The lowest BCUT2D eigenvalue weighted by Gasteiger charge is -2.10. The molecule has 4 nitrogen and oxygen atoms in total. The summed E-state index contributed by atoms with van der Waals surface area (Å²) in [5, 5.41) is 13.4. The summed E-state index contributed by atoms with van der Waals surface area (Å²) in [5.41, 5.74) is 1.57. The van der Waals surface area contributed by atoms with E-state index < -0.39 is 0 Å². The Bertz CT molecular complexity index is 815. The fourth-order valence-corrected chi connectivity index (χ4v) is 2.74. The number of hydrogen-bond donors (Lipinski definition) is 1. The Balaban J connectivity index is 0.00000144. The lowest BCUT2D eigenvalue weighted by atomic mass is 10.1. The minimum absolute atomic E-state index is 0. The minimum atomic E-state index is 0. The molecule has 6 heteroatoms. The summed E-state index contributed by atoms with van der Waals surface area (Å²) in [6.45, 7) is 1.80. The number of fused-ring (bicyclic) bond motifs is 2. The predicted octanol–water partition coefficient (Wildman–Crippen LogP) is 0.310. The molecule has 1 N–H and O–H groups in total. The molecule has 0 radical (unpaired) electrons. The van der Waals surface area contributed by atoms with Crippen molar-refractivity contribution in [2.45, 2.75) is 6.42 Å². The highest BCUT2D eigenvalue weighted by Crippen LogP contribution is 2.17. The third kappa shape index (κ3) is 4.01. The maximum absolute atomic E-state index is 10.4. The highest BCUT2D eigenvalue weighted by Gasteiger charge is 2.07. The Hall–Kier alpha value is -1.75. The van der Waals surface area contributed by atoms with E-state index in [0.29, 0.717) is 0 Å². The van der Waals surface area contributed by atoms with Crippen molar-refractivity contribution in [1.29, 1.82) is 0 Å². The van der Waals surface area contributed by atoms with Crippen molar-refractivity contribution in [1.82, 2.24) is 9.63 Å². The van der Waals surface area contributed by atoms with Crippen LogP contribution >= 0.6 is 12.4 Å². The minimum Gasteiger partial charge on any atom is -1.00 e. The zero-order valence-corrected chi connectivity index (χ0v) is 15.4. The van der Waals surface area contributed by atoms with E-state index >= 15 is 0 Å². The van der Waals surface area contributed by atoms with Gasteiger partial charge in [0.15, 0.2) is 0 Å². The largest absolute Gasteiger partial charge is 1.00 e. The number of halogens is 2. The molecule has 24 heavy (non-hydrogen) atoms. The number of hydrogen-bond acceptors (Lipinski definition) is 3. The van der Waals surface area contributed by atoms with Crippen molar-refractivity contribution in [3.63, 3.8) is 0 Å². The van der Waals surface area contributed by atoms with Crippen molar-refractivity contribution < 1.29 is 17.6 Å². The van der Waals surface area contributed by atoms with Gasteiger partial charge in [-0.2, -0.15) is 4.73 Å². The van der Waals surface area contributed by atoms with Crippen LogP contribution in [0.4, 0.5) is 0 Å². The molecule has 0 saturated carbocycles. The molecule has 0 aliphatic carbocycles. The van der Waals surface area contributed by atoms with E-state index in [0.717, 1.165) is 46.7 Å². The van der Waals surface area contributed by atoms with Gasteiger partial charge in [0.25, 0.3) is 0 Å². The van der Waals surface area contributed by atoms with E-state index in [1.807, 2.05) is 48.5 Å². The van der Waals surface area contributed by atoms with Gasteiger partial charge in [-0.15, -0.1) is 12.4 Å². The van der Waals surface area contributed by atoms with Crippen LogP contribution in [0.5, 0.6) is 0 Å². The molecular formula is C18H22Cl2N3O-. The molecule has 0 aliphatic rings. The molecule has 0 atom stereocenters. The van der Waals surface area contributed by atoms with Crippen LogP contribution in [0.3, 0.4) is 0 Å². The number of aromatic nitrogens is 1. The Labute approximate surface area is 154 Å². The van der Waals surface area contributed by atoms with Gasteiger partial charge in [-0.25, -0.2) is 0 Å². The fraction of sp³-hybridized carbons (Fsp3) is 0.278. The predicted molar refractivity (Wildman–Crippen MR) is 97.5 cm³/mol. The lowest BCUT2D eigenvalue weighted by Crippen LogP contribution is -3.00. The normalized spacial score (nSPS) is 10.5. The third-order valence-corrected chi connectivity index (χ3v) is 3.81. The summed E-state index contributed by atoms with van der Waals surface area (Å²) in [6.07, 6.45) is 1.02. The summed E-state index contributed by atoms with van der Waals surface area (Å²) in [6, 6.07) is 15.7. The second-order valence-corrected chi connectivity index (χ2v) is 5.73. The van der Waals surface area contributed by atoms with Gasteiger partial charge in [0, 0.05) is 17.3 Å². The number of pyridine rings is 1. The SMILES string of the molecule is CN(C)CCCN=c1c2ccccc2n(O)c2ccccc12.Cl.[Cl-]. The standard InChI is InChI=1S/C18H21N3O.2ClH/c1-20(2)13-7-12-19-18-14-8-3-5-10-16(14)21(22)17-11-6-4-9-15(17)18;;/h3-6,8-11,22H,7,12-13H2,1-2H3;2*1H/p-1. The molecule has 0 saturated heterocycles. The van der Waals surface area contributed by atoms with E-state index in [1.54, 1.807) is 0 Å². The average Bonchev–Trinajstić information content (AvgIpc) is 2.54. The molecule has 1 aromatic heterocycles. The summed E-state index contributed by atoms with van der Waals surface area (Å²) < 4.78 is 1.25. The number of rotatable bonds is 4. The summed E-state index contributed by atoms with van der Waals surface area (Å²) in [5.74, 6) is 0. The first-order valence-electron chi connectivity index (χ1n) is 7.55. The van der Waals surface area contributed by atoms with E-state index in [2.05, 4.69) is 19.0 Å². The lowest BCUT2D eigenvalue weighted by molar-refractivity contribution is -0.00000583. The van der Waals surface area contributed by atoms with Crippen LogP contribution in [0, 0.1) is 0 Å². The Morgan fingerprint density at radius 3 is 1.96 bits per heavy atom. The molecule has 0 bridgehead atoms. The molecule has 130 valence electrons. The maximum Gasteiger partial charge on any atom is 0.0894 e. The van der Waals surface area contributed by atoms with Gasteiger partial charge in [0.05, 0.1) is 16.4 Å². The smallest absolute Gasteiger partial charge is 0.0894 e. The number of benzene rings is 2. The molecule has 2 aromatic carbocycles. The van der Waals surface area contributed by atoms with Gasteiger partial charge < -0.3 is 22.5 Å². The quantitative estimate of drug-likeness (QED) is 0.410. The van der Waals surface area contributed by atoms with Crippen LogP contribution in [0.1, 0.15) is 6.42 Å². The van der Waals surface area contributed by atoms with E-state index in [4.69, 9.17) is 4.99 Å². The van der Waals surface area contributed by atoms with Crippen LogP contribution in [0.2, 0.25) is 0 Å². The Morgan fingerprint density at radius 2 is 1.46 bits per heavy atom. The summed E-state index contributed by atoms with van der Waals surface area (Å²) >= 11 is 0. The fourth-order valence-electron chi connectivity index (χ4n) is 2.74. The molecular weight excluding hydrogens is 345 g/mol. The first-order chi connectivity index (χ1) is 10.7. The van der Waals surface area contributed by atoms with Crippen LogP contribution in [-0.4, -0.2) is 42.0 Å². The second kappa shape index (κ2) is 8.92. The average molecular weight is 367 g/mol. The highest BCUT2D eigenvalue weighted by atomic mass is 35.5. The first kappa shape index (κ1) is 20.3. The Kier molecular flexibility index (Phi) is 7.55. The van der Waals surface area contributed by atoms with E-state index in [1.165, 1.54) is 4.73 Å². The van der Waals surface area contributed by atoms with Crippen molar-refractivity contribution in [2.24, 2.45) is 4.99 Å². The first-order valence-corrected chi connectivity index (χ1v) is 7.55. The van der Waals surface area contributed by atoms with E-state index in [-0.39, 0.29) is 24.8 Å². The molecule has 0 aliphatic heterocycles. The highest BCUT2D eigenvalue weighted by molar-refractivity contribution is 5.92. The van der Waals surface area contributed by atoms with Crippen molar-refractivity contribution in [3.8, 4) is 0 Å². The monoisotopic (exact) mass is 366 g/mol. The zero-order valence-electron chi connectivity index (χ0n) is 13.8. The molecule has 0 spiro atoms. The second-order valence-electron chi connectivity index (χ2n) is 5.73. The molecule has 3 aromatic rings. The molecule has 3 rings (SSSR count). The van der Waals surface area contributed by atoms with Crippen LogP contribution < -0.4 is 17.8 Å². The van der Waals surface area contributed by atoms with Gasteiger partial charge in [0.1, 0.15) is 0 Å². The van der Waals surface area contributed by atoms with Crippen LogP contribution in [0.25, 0.3) is 21.8 Å². The van der Waals surface area contributed by atoms with E-state index in [9.17, 15) is 5.21 Å². The van der Waals surface area contributed by atoms with Crippen molar-refractivity contribution in [3.05, 3.63) is 53.9 Å². The maximum atomic E-state index is 10.4. The van der Waals surface area contributed by atoms with Gasteiger partial charge in [-0.05, 0) is 39.2 Å². The summed E-state index contributed by atoms with van der Waals surface area (Å²) in [7, 11) is 4.14. The topological polar surface area (TPSA) is 40.8 Å². The van der Waals surface area contributed by atoms with Crippen molar-refractivity contribution >= 4 is 34.2 Å². The number of nitrogens with zero attached hydrogens (tertiary/aromatic N) is 3. The van der Waals surface area contributed by atoms with Crippen molar-refractivity contribution in [2.75, 3.05) is 27.2 Å². The molecule has 0 fully saturated rings. The summed E-state index contributed by atoms with van der Waals surface area (Å²) in [4.78, 5) is 6.99. The van der Waals surface area contributed by atoms with Crippen LogP contribution in [-0.2, 0) is 0 Å². The van der Waals surface area contributed by atoms with Gasteiger partial charge >= 0.3 is 0 Å². The molecule has 0 unspecified atom stereocenters. The Morgan fingerprint density at radius 1 is 0.958 bits per heavy atom. The van der Waals surface area contributed by atoms with Crippen LogP contribution in [0.15, 0.2) is 53.5 Å². The number of para-hydroxylation sites is 2. The van der Waals surface area contributed by atoms with Gasteiger partial charge in [0.2, 0.25) is 0 Å².